The van der Waals surface area contributed by atoms with Gasteiger partial charge in [0.25, 0.3) is 6.47 Å². The lowest BCUT2D eigenvalue weighted by atomic mass is 10.0. The molecule has 2 rings (SSSR count). The van der Waals surface area contributed by atoms with Crippen molar-refractivity contribution in [3.8, 4) is 11.8 Å². The highest BCUT2D eigenvalue weighted by Crippen LogP contribution is 2.17. The summed E-state index contributed by atoms with van der Waals surface area (Å²) in [6.45, 7) is 15.2. The molecule has 158 valence electrons. The Hall–Kier alpha value is -2.52. The van der Waals surface area contributed by atoms with Crippen LogP contribution in [0, 0.1) is 18.8 Å². The van der Waals surface area contributed by atoms with Gasteiger partial charge in [-0.05, 0) is 58.7 Å². The second kappa shape index (κ2) is 9.32. The number of nitrogens with zero attached hydrogens (tertiary/aromatic N) is 2. The van der Waals surface area contributed by atoms with Gasteiger partial charge in [-0.2, -0.15) is 0 Å². The zero-order valence-electron chi connectivity index (χ0n) is 18.4. The lowest BCUT2D eigenvalue weighted by molar-refractivity contribution is -0.135. The highest BCUT2D eigenvalue weighted by atomic mass is 16.6. The van der Waals surface area contributed by atoms with E-state index >= 15 is 0 Å². The van der Waals surface area contributed by atoms with Gasteiger partial charge < -0.3 is 14.4 Å². The Labute approximate surface area is 174 Å². The molecule has 0 aliphatic carbocycles. The number of carbonyl (C=O) groups excluding carboxylic acids is 2. The van der Waals surface area contributed by atoms with E-state index in [0.717, 1.165) is 36.3 Å². The first-order chi connectivity index (χ1) is 13.5. The number of amides is 1. The van der Waals surface area contributed by atoms with Gasteiger partial charge in [0, 0.05) is 38.3 Å². The third-order valence-corrected chi connectivity index (χ3v) is 4.52. The number of aryl methyl sites for hydroxylation is 1. The number of carbonyl (C=O) groups is 2. The van der Waals surface area contributed by atoms with Crippen molar-refractivity contribution in [1.29, 1.82) is 0 Å². The van der Waals surface area contributed by atoms with E-state index in [1.165, 1.54) is 0 Å². The molecule has 0 atom stereocenters. The molecule has 0 bridgehead atoms. The number of ether oxygens (including phenoxy) is 2. The van der Waals surface area contributed by atoms with Gasteiger partial charge in [0.15, 0.2) is 5.60 Å². The van der Waals surface area contributed by atoms with Gasteiger partial charge in [0.05, 0.1) is 0 Å². The number of piperazine rings is 1. The molecule has 1 heterocycles. The first-order valence-electron chi connectivity index (χ1n) is 9.93. The van der Waals surface area contributed by atoms with Crippen LogP contribution in [0.2, 0.25) is 0 Å². The molecule has 1 saturated heterocycles. The van der Waals surface area contributed by atoms with Crippen molar-refractivity contribution in [2.45, 2.75) is 59.3 Å². The average molecular weight is 401 g/mol. The van der Waals surface area contributed by atoms with Crippen LogP contribution in [0.5, 0.6) is 0 Å². The molecular weight excluding hydrogens is 368 g/mol. The van der Waals surface area contributed by atoms with Crippen molar-refractivity contribution >= 4 is 12.6 Å². The summed E-state index contributed by atoms with van der Waals surface area (Å²) in [4.78, 5) is 26.9. The molecule has 0 radical (unpaired) electrons. The van der Waals surface area contributed by atoms with Crippen LogP contribution in [-0.2, 0) is 20.8 Å². The average Bonchev–Trinajstić information content (AvgIpc) is 2.61. The third kappa shape index (κ3) is 7.43. The third-order valence-electron chi connectivity index (χ3n) is 4.52. The fourth-order valence-corrected chi connectivity index (χ4v) is 2.97. The van der Waals surface area contributed by atoms with Crippen LogP contribution in [0.3, 0.4) is 0 Å². The van der Waals surface area contributed by atoms with Crippen molar-refractivity contribution in [3.63, 3.8) is 0 Å². The summed E-state index contributed by atoms with van der Waals surface area (Å²) in [6.07, 6.45) is -0.253. The Balaban J connectivity index is 2.04. The molecule has 0 saturated carbocycles. The smallest absolute Gasteiger partial charge is 0.410 e. The fourth-order valence-electron chi connectivity index (χ4n) is 2.97. The summed E-state index contributed by atoms with van der Waals surface area (Å²) in [6, 6.07) is 6.22. The van der Waals surface area contributed by atoms with Gasteiger partial charge in [-0.15, -0.1) is 0 Å². The molecular formula is C23H32N2O4. The van der Waals surface area contributed by atoms with Gasteiger partial charge in [-0.1, -0.05) is 24.0 Å². The van der Waals surface area contributed by atoms with Gasteiger partial charge in [-0.3, -0.25) is 9.69 Å². The highest BCUT2D eigenvalue weighted by Gasteiger charge is 2.26. The largest absolute Gasteiger partial charge is 0.449 e. The van der Waals surface area contributed by atoms with Crippen LogP contribution in [-0.4, -0.2) is 59.7 Å². The molecule has 1 fully saturated rings. The van der Waals surface area contributed by atoms with Crippen molar-refractivity contribution in [2.75, 3.05) is 26.2 Å². The zero-order valence-corrected chi connectivity index (χ0v) is 18.4. The summed E-state index contributed by atoms with van der Waals surface area (Å²) in [5.74, 6) is 6.21. The van der Waals surface area contributed by atoms with E-state index in [4.69, 9.17) is 9.47 Å². The van der Waals surface area contributed by atoms with Gasteiger partial charge in [0.1, 0.15) is 5.60 Å². The van der Waals surface area contributed by atoms with E-state index in [-0.39, 0.29) is 6.09 Å². The summed E-state index contributed by atoms with van der Waals surface area (Å²) in [5.41, 5.74) is 1.87. The summed E-state index contributed by atoms with van der Waals surface area (Å²) in [5, 5.41) is 0. The van der Waals surface area contributed by atoms with E-state index in [1.807, 2.05) is 27.7 Å². The Bertz CT molecular complexity index is 791. The maximum Gasteiger partial charge on any atom is 0.410 e. The van der Waals surface area contributed by atoms with Crippen LogP contribution in [0.25, 0.3) is 0 Å². The maximum absolute atomic E-state index is 12.2. The topological polar surface area (TPSA) is 59.1 Å². The molecule has 1 aromatic carbocycles. The van der Waals surface area contributed by atoms with E-state index < -0.39 is 11.2 Å². The van der Waals surface area contributed by atoms with Crippen LogP contribution in [0.1, 0.15) is 51.3 Å². The van der Waals surface area contributed by atoms with Gasteiger partial charge >= 0.3 is 6.09 Å². The number of rotatable bonds is 4. The minimum Gasteiger partial charge on any atom is -0.449 e. The van der Waals surface area contributed by atoms with E-state index in [1.54, 1.807) is 18.7 Å². The second-order valence-electron chi connectivity index (χ2n) is 8.88. The Morgan fingerprint density at radius 1 is 1.14 bits per heavy atom. The number of hydrogen-bond acceptors (Lipinski definition) is 5. The van der Waals surface area contributed by atoms with Crippen molar-refractivity contribution in [2.24, 2.45) is 0 Å². The lowest BCUT2D eigenvalue weighted by Gasteiger charge is -2.35. The molecule has 1 amide bonds. The van der Waals surface area contributed by atoms with Crippen LogP contribution in [0.4, 0.5) is 4.79 Å². The van der Waals surface area contributed by atoms with Gasteiger partial charge in [-0.25, -0.2) is 4.79 Å². The fraction of sp³-hybridized carbons (Fsp3) is 0.565. The van der Waals surface area contributed by atoms with Crippen LogP contribution in [0.15, 0.2) is 18.2 Å². The SMILES string of the molecule is Cc1ccc(CN2CCN(C(=O)OC(C)(C)C)CC2)c(C#CC(C)(C)OC=O)c1. The minimum absolute atomic E-state index is 0.253. The highest BCUT2D eigenvalue weighted by molar-refractivity contribution is 5.68. The minimum atomic E-state index is -0.832. The monoisotopic (exact) mass is 400 g/mol. The van der Waals surface area contributed by atoms with E-state index in [0.29, 0.717) is 19.6 Å². The molecule has 0 aromatic heterocycles. The maximum atomic E-state index is 12.2. The molecule has 1 aliphatic rings. The second-order valence-corrected chi connectivity index (χ2v) is 8.88. The molecule has 6 heteroatoms. The summed E-state index contributed by atoms with van der Waals surface area (Å²) < 4.78 is 10.5. The Morgan fingerprint density at radius 3 is 2.38 bits per heavy atom. The van der Waals surface area contributed by atoms with Crippen molar-refractivity contribution < 1.29 is 19.1 Å². The van der Waals surface area contributed by atoms with Crippen LogP contribution >= 0.6 is 0 Å². The molecule has 6 nitrogen and oxygen atoms in total. The first kappa shape index (κ1) is 22.8. The lowest BCUT2D eigenvalue weighted by Crippen LogP contribution is -2.49. The van der Waals surface area contributed by atoms with E-state index in [9.17, 15) is 9.59 Å². The Morgan fingerprint density at radius 2 is 1.79 bits per heavy atom. The predicted molar refractivity (Wildman–Crippen MR) is 112 cm³/mol. The standard InChI is InChI=1S/C23H32N2O4/c1-18-7-8-20(19(15-18)9-10-23(5,6)28-17-26)16-24-11-13-25(14-12-24)21(27)29-22(2,3)4/h7-8,15,17H,11-14,16H2,1-6H3. The molecule has 29 heavy (non-hydrogen) atoms. The van der Waals surface area contributed by atoms with Crippen molar-refractivity contribution in [1.82, 2.24) is 9.80 Å². The zero-order chi connectivity index (χ0) is 21.7. The molecule has 0 N–H and O–H groups in total. The van der Waals surface area contributed by atoms with Gasteiger partial charge in [0.2, 0.25) is 0 Å². The van der Waals surface area contributed by atoms with Crippen molar-refractivity contribution in [3.05, 3.63) is 34.9 Å². The number of hydrogen-bond donors (Lipinski definition) is 0. The number of benzene rings is 1. The quantitative estimate of drug-likeness (QED) is 0.573. The normalized spacial score (nSPS) is 15.3. The predicted octanol–water partition coefficient (Wildman–Crippen LogP) is 3.35. The summed E-state index contributed by atoms with van der Waals surface area (Å²) in [7, 11) is 0. The molecule has 0 spiro atoms. The van der Waals surface area contributed by atoms with Crippen LogP contribution < -0.4 is 0 Å². The Kier molecular flexibility index (Phi) is 7.32. The molecule has 1 aromatic rings. The first-order valence-corrected chi connectivity index (χ1v) is 9.93. The molecule has 1 aliphatic heterocycles. The summed E-state index contributed by atoms with van der Waals surface area (Å²) >= 11 is 0. The van der Waals surface area contributed by atoms with E-state index in [2.05, 4.69) is 34.9 Å². The molecule has 0 unspecified atom stereocenters.